The Balaban J connectivity index is 1.73. The van der Waals surface area contributed by atoms with E-state index < -0.39 is 0 Å². The lowest BCUT2D eigenvalue weighted by atomic mass is 10.1. The molecule has 3 heteroatoms. The van der Waals surface area contributed by atoms with E-state index in [-0.39, 0.29) is 11.7 Å². The third-order valence-electron chi connectivity index (χ3n) is 3.41. The van der Waals surface area contributed by atoms with Crippen LogP contribution < -0.4 is 4.74 Å². The van der Waals surface area contributed by atoms with E-state index in [1.165, 1.54) is 16.9 Å². The van der Waals surface area contributed by atoms with Gasteiger partial charge in [0.05, 0.1) is 12.0 Å². The smallest absolute Gasteiger partial charge is 0.176 e. The molecule has 2 nitrogen and oxygen atoms in total. The molecule has 1 heterocycles. The minimum atomic E-state index is 0.163. The standard InChI is InChI=1S/C15H14O2S/c1-17-11-7-14(18-9-11)15(16)13-8-12(13)10-5-3-2-4-6-10/h2-7,9,12-13H,8H2,1H3. The lowest BCUT2D eigenvalue weighted by Gasteiger charge is -1.98. The van der Waals surface area contributed by atoms with Gasteiger partial charge in [-0.15, -0.1) is 11.3 Å². The molecule has 1 fully saturated rings. The molecular weight excluding hydrogens is 244 g/mol. The van der Waals surface area contributed by atoms with E-state index in [2.05, 4.69) is 12.1 Å². The molecule has 0 N–H and O–H groups in total. The number of ether oxygens (including phenoxy) is 1. The van der Waals surface area contributed by atoms with Crippen LogP contribution in [0.1, 0.15) is 27.6 Å². The second kappa shape index (κ2) is 4.58. The Morgan fingerprint density at radius 2 is 2.11 bits per heavy atom. The summed E-state index contributed by atoms with van der Waals surface area (Å²) in [6.07, 6.45) is 0.975. The van der Waals surface area contributed by atoms with Crippen LogP contribution in [0.5, 0.6) is 5.75 Å². The highest BCUT2D eigenvalue weighted by molar-refractivity contribution is 7.12. The van der Waals surface area contributed by atoms with Crippen molar-refractivity contribution >= 4 is 17.1 Å². The van der Waals surface area contributed by atoms with Crippen molar-refractivity contribution in [3.05, 3.63) is 52.2 Å². The summed E-state index contributed by atoms with van der Waals surface area (Å²) in [6, 6.07) is 12.1. The van der Waals surface area contributed by atoms with Crippen molar-refractivity contribution in [3.8, 4) is 5.75 Å². The second-order valence-corrected chi connectivity index (χ2v) is 5.49. The van der Waals surface area contributed by atoms with Gasteiger partial charge >= 0.3 is 0 Å². The number of hydrogen-bond acceptors (Lipinski definition) is 3. The van der Waals surface area contributed by atoms with Gasteiger partial charge in [-0.3, -0.25) is 4.79 Å². The van der Waals surface area contributed by atoms with E-state index in [0.717, 1.165) is 17.0 Å². The number of hydrogen-bond donors (Lipinski definition) is 0. The van der Waals surface area contributed by atoms with Crippen molar-refractivity contribution in [3.63, 3.8) is 0 Å². The van der Waals surface area contributed by atoms with E-state index in [1.807, 2.05) is 29.6 Å². The number of carbonyl (C=O) groups is 1. The Labute approximate surface area is 110 Å². The molecular formula is C15H14O2S. The monoisotopic (exact) mass is 258 g/mol. The van der Waals surface area contributed by atoms with Gasteiger partial charge in [0.1, 0.15) is 5.75 Å². The zero-order valence-electron chi connectivity index (χ0n) is 10.1. The molecule has 1 aliphatic rings. The predicted octanol–water partition coefficient (Wildman–Crippen LogP) is 3.74. The maximum Gasteiger partial charge on any atom is 0.176 e. The Morgan fingerprint density at radius 3 is 2.78 bits per heavy atom. The molecule has 1 aliphatic carbocycles. The normalized spacial score (nSPS) is 21.6. The van der Waals surface area contributed by atoms with Crippen molar-refractivity contribution in [1.29, 1.82) is 0 Å². The first-order valence-corrected chi connectivity index (χ1v) is 6.89. The average Bonchev–Trinajstić information content (AvgIpc) is 3.08. The van der Waals surface area contributed by atoms with Gasteiger partial charge in [-0.1, -0.05) is 30.3 Å². The Hall–Kier alpha value is -1.61. The van der Waals surface area contributed by atoms with Gasteiger partial charge in [-0.2, -0.15) is 0 Å². The fourth-order valence-electron chi connectivity index (χ4n) is 2.29. The maximum atomic E-state index is 12.3. The number of Topliss-reactive ketones (excluding diaryl/α,β-unsaturated/α-hetero) is 1. The molecule has 0 bridgehead atoms. The molecule has 0 radical (unpaired) electrons. The van der Waals surface area contributed by atoms with Crippen LogP contribution in [0.2, 0.25) is 0 Å². The summed E-state index contributed by atoms with van der Waals surface area (Å²) in [7, 11) is 1.63. The van der Waals surface area contributed by atoms with Crippen molar-refractivity contribution in [2.45, 2.75) is 12.3 Å². The van der Waals surface area contributed by atoms with Crippen LogP contribution in [0.4, 0.5) is 0 Å². The number of methoxy groups -OCH3 is 1. The summed E-state index contributed by atoms with van der Waals surface area (Å²) in [5.74, 6) is 1.61. The minimum absolute atomic E-state index is 0.163. The lowest BCUT2D eigenvalue weighted by molar-refractivity contribution is 0.0969. The first-order valence-electron chi connectivity index (χ1n) is 6.01. The first-order chi connectivity index (χ1) is 8.79. The second-order valence-electron chi connectivity index (χ2n) is 4.57. The Bertz CT molecular complexity index is 559. The molecule has 0 aliphatic heterocycles. The fraction of sp³-hybridized carbons (Fsp3) is 0.267. The van der Waals surface area contributed by atoms with Gasteiger partial charge in [-0.05, 0) is 17.9 Å². The van der Waals surface area contributed by atoms with E-state index in [0.29, 0.717) is 5.92 Å². The van der Waals surface area contributed by atoms with Gasteiger partial charge < -0.3 is 4.74 Å². The largest absolute Gasteiger partial charge is 0.496 e. The minimum Gasteiger partial charge on any atom is -0.496 e. The SMILES string of the molecule is COc1csc(C(=O)C2CC2c2ccccc2)c1. The molecule has 0 spiro atoms. The summed E-state index contributed by atoms with van der Waals surface area (Å²) in [5.41, 5.74) is 1.28. The molecule has 2 atom stereocenters. The van der Waals surface area contributed by atoms with Crippen LogP contribution in [0.3, 0.4) is 0 Å². The molecule has 18 heavy (non-hydrogen) atoms. The number of carbonyl (C=O) groups excluding carboxylic acids is 1. The zero-order chi connectivity index (χ0) is 12.5. The van der Waals surface area contributed by atoms with Gasteiger partial charge in [0.25, 0.3) is 0 Å². The van der Waals surface area contributed by atoms with Crippen molar-refractivity contribution in [2.24, 2.45) is 5.92 Å². The lowest BCUT2D eigenvalue weighted by Crippen LogP contribution is -2.00. The quantitative estimate of drug-likeness (QED) is 0.781. The highest BCUT2D eigenvalue weighted by Gasteiger charge is 2.44. The highest BCUT2D eigenvalue weighted by Crippen LogP contribution is 2.49. The van der Waals surface area contributed by atoms with Crippen LogP contribution in [0, 0.1) is 5.92 Å². The van der Waals surface area contributed by atoms with E-state index >= 15 is 0 Å². The molecule has 2 unspecified atom stereocenters. The van der Waals surface area contributed by atoms with Gasteiger partial charge in [0.15, 0.2) is 5.78 Å². The molecule has 0 saturated heterocycles. The number of benzene rings is 1. The fourth-order valence-corrected chi connectivity index (χ4v) is 3.15. The van der Waals surface area contributed by atoms with Crippen LogP contribution >= 0.6 is 11.3 Å². The summed E-state index contributed by atoms with van der Waals surface area (Å²) < 4.78 is 5.11. The van der Waals surface area contributed by atoms with Crippen LogP contribution in [0.25, 0.3) is 0 Å². The van der Waals surface area contributed by atoms with Crippen molar-refractivity contribution < 1.29 is 9.53 Å². The predicted molar refractivity (Wildman–Crippen MR) is 72.5 cm³/mol. The molecule has 3 rings (SSSR count). The molecule has 92 valence electrons. The van der Waals surface area contributed by atoms with Crippen LogP contribution in [-0.4, -0.2) is 12.9 Å². The maximum absolute atomic E-state index is 12.3. The molecule has 0 amide bonds. The topological polar surface area (TPSA) is 26.3 Å². The van der Waals surface area contributed by atoms with E-state index in [4.69, 9.17) is 4.74 Å². The molecule has 1 saturated carbocycles. The summed E-state index contributed by atoms with van der Waals surface area (Å²) >= 11 is 1.47. The first kappa shape index (κ1) is 11.5. The molecule has 2 aromatic rings. The average molecular weight is 258 g/mol. The molecule has 1 aromatic carbocycles. The summed E-state index contributed by atoms with van der Waals surface area (Å²) in [4.78, 5) is 13.1. The molecule has 1 aromatic heterocycles. The Morgan fingerprint density at radius 1 is 1.33 bits per heavy atom. The zero-order valence-corrected chi connectivity index (χ0v) is 10.9. The third kappa shape index (κ3) is 2.06. The summed E-state index contributed by atoms with van der Waals surface area (Å²) in [5, 5.41) is 1.88. The van der Waals surface area contributed by atoms with Crippen molar-refractivity contribution in [2.75, 3.05) is 7.11 Å². The van der Waals surface area contributed by atoms with Gasteiger partial charge in [0, 0.05) is 17.4 Å². The Kier molecular flexibility index (Phi) is 2.92. The number of thiophene rings is 1. The van der Waals surface area contributed by atoms with E-state index in [9.17, 15) is 4.79 Å². The van der Waals surface area contributed by atoms with Crippen LogP contribution in [0.15, 0.2) is 41.8 Å². The van der Waals surface area contributed by atoms with Gasteiger partial charge in [0.2, 0.25) is 0 Å². The van der Waals surface area contributed by atoms with Crippen molar-refractivity contribution in [1.82, 2.24) is 0 Å². The number of ketones is 1. The highest BCUT2D eigenvalue weighted by atomic mass is 32.1. The third-order valence-corrected chi connectivity index (χ3v) is 4.33. The summed E-state index contributed by atoms with van der Waals surface area (Å²) in [6.45, 7) is 0. The van der Waals surface area contributed by atoms with Crippen LogP contribution in [-0.2, 0) is 0 Å². The number of rotatable bonds is 4. The van der Waals surface area contributed by atoms with Gasteiger partial charge in [-0.25, -0.2) is 0 Å². The van der Waals surface area contributed by atoms with E-state index in [1.54, 1.807) is 7.11 Å².